The number of carbonyl (C=O) groups is 2. The first-order valence-corrected chi connectivity index (χ1v) is 9.09. The Morgan fingerprint density at radius 1 is 1.21 bits per heavy atom. The molecule has 0 radical (unpaired) electrons. The Bertz CT molecular complexity index is 1020. The highest BCUT2D eigenvalue weighted by molar-refractivity contribution is 7.13. The summed E-state index contributed by atoms with van der Waals surface area (Å²) in [4.78, 5) is 39.0. The minimum Gasteiger partial charge on any atom is -0.350 e. The highest BCUT2D eigenvalue weighted by Crippen LogP contribution is 2.25. The van der Waals surface area contributed by atoms with Crippen molar-refractivity contribution < 1.29 is 19.0 Å². The molecule has 0 aliphatic rings. The number of halogens is 1. The predicted octanol–water partition coefficient (Wildman–Crippen LogP) is 2.52. The lowest BCUT2D eigenvalue weighted by molar-refractivity contribution is -0.384. The van der Waals surface area contributed by atoms with Gasteiger partial charge in [-0.15, -0.1) is 11.3 Å². The van der Waals surface area contributed by atoms with Crippen molar-refractivity contribution >= 4 is 40.4 Å². The van der Waals surface area contributed by atoms with Crippen molar-refractivity contribution in [1.29, 1.82) is 0 Å². The summed E-state index contributed by atoms with van der Waals surface area (Å²) >= 11 is 7.12. The second kappa shape index (κ2) is 8.59. The lowest BCUT2D eigenvalue weighted by Gasteiger charge is -2.06. The average Bonchev–Trinajstić information content (AvgIpc) is 3.36. The van der Waals surface area contributed by atoms with Crippen LogP contribution in [0.15, 0.2) is 40.2 Å². The van der Waals surface area contributed by atoms with Gasteiger partial charge in [0.15, 0.2) is 0 Å². The van der Waals surface area contributed by atoms with Crippen LogP contribution >= 0.6 is 22.9 Å². The van der Waals surface area contributed by atoms with Gasteiger partial charge in [0.05, 0.1) is 9.80 Å². The second-order valence-electron chi connectivity index (χ2n) is 5.34. The Kier molecular flexibility index (Phi) is 5.96. The van der Waals surface area contributed by atoms with E-state index in [9.17, 15) is 19.7 Å². The molecule has 144 valence electrons. The first-order chi connectivity index (χ1) is 13.5. The number of nitrogens with one attached hydrogen (secondary N) is 2. The van der Waals surface area contributed by atoms with E-state index in [1.165, 1.54) is 23.5 Å². The van der Waals surface area contributed by atoms with E-state index in [0.717, 1.165) is 10.9 Å². The van der Waals surface area contributed by atoms with Crippen LogP contribution in [-0.4, -0.2) is 40.0 Å². The highest BCUT2D eigenvalue weighted by atomic mass is 35.5. The van der Waals surface area contributed by atoms with E-state index in [4.69, 9.17) is 16.1 Å². The number of benzene rings is 1. The minimum atomic E-state index is -0.672. The van der Waals surface area contributed by atoms with E-state index in [0.29, 0.717) is 5.82 Å². The SMILES string of the molecule is O=C(NCCNC(=O)c1nc(-c2cccs2)no1)c1ccc(Cl)c([N+](=O)[O-])c1. The van der Waals surface area contributed by atoms with Gasteiger partial charge < -0.3 is 15.2 Å². The summed E-state index contributed by atoms with van der Waals surface area (Å²) in [5, 5.41) is 21.5. The Labute approximate surface area is 166 Å². The molecule has 12 heteroatoms. The molecular weight excluding hydrogens is 410 g/mol. The number of hydrogen-bond acceptors (Lipinski definition) is 8. The van der Waals surface area contributed by atoms with Crippen LogP contribution in [0.4, 0.5) is 5.69 Å². The van der Waals surface area contributed by atoms with Gasteiger partial charge in [-0.3, -0.25) is 19.7 Å². The molecule has 2 heterocycles. The van der Waals surface area contributed by atoms with Gasteiger partial charge in [0.1, 0.15) is 5.02 Å². The van der Waals surface area contributed by atoms with Crippen molar-refractivity contribution in [2.45, 2.75) is 0 Å². The van der Waals surface area contributed by atoms with Crippen LogP contribution in [-0.2, 0) is 0 Å². The number of nitro groups is 1. The largest absolute Gasteiger partial charge is 0.350 e. The molecule has 2 amide bonds. The second-order valence-corrected chi connectivity index (χ2v) is 6.69. The van der Waals surface area contributed by atoms with Crippen LogP contribution in [0.25, 0.3) is 10.7 Å². The van der Waals surface area contributed by atoms with Crippen molar-refractivity contribution in [3.8, 4) is 10.7 Å². The van der Waals surface area contributed by atoms with Crippen molar-refractivity contribution in [1.82, 2.24) is 20.8 Å². The van der Waals surface area contributed by atoms with E-state index in [1.807, 2.05) is 11.4 Å². The van der Waals surface area contributed by atoms with Crippen LogP contribution in [0, 0.1) is 10.1 Å². The number of aromatic nitrogens is 2. The van der Waals surface area contributed by atoms with Crippen LogP contribution in [0.2, 0.25) is 5.02 Å². The van der Waals surface area contributed by atoms with Crippen LogP contribution in [0.1, 0.15) is 21.0 Å². The molecule has 3 aromatic rings. The first kappa shape index (κ1) is 19.5. The molecule has 0 aliphatic heterocycles. The summed E-state index contributed by atoms with van der Waals surface area (Å²) < 4.78 is 4.91. The number of thiophene rings is 1. The number of amides is 2. The Hall–Kier alpha value is -3.31. The highest BCUT2D eigenvalue weighted by Gasteiger charge is 2.17. The van der Waals surface area contributed by atoms with Gasteiger partial charge in [0.25, 0.3) is 11.6 Å². The molecule has 0 fully saturated rings. The lowest BCUT2D eigenvalue weighted by atomic mass is 10.2. The molecule has 0 aliphatic carbocycles. The van der Waals surface area contributed by atoms with E-state index >= 15 is 0 Å². The summed E-state index contributed by atoms with van der Waals surface area (Å²) in [6.07, 6.45) is 0. The van der Waals surface area contributed by atoms with Crippen molar-refractivity contribution in [3.05, 3.63) is 62.3 Å². The molecule has 0 bridgehead atoms. The molecule has 28 heavy (non-hydrogen) atoms. The molecule has 1 aromatic carbocycles. The Morgan fingerprint density at radius 3 is 2.64 bits per heavy atom. The molecule has 10 nitrogen and oxygen atoms in total. The monoisotopic (exact) mass is 421 g/mol. The maximum Gasteiger partial charge on any atom is 0.316 e. The fourth-order valence-corrected chi connectivity index (χ4v) is 2.98. The molecule has 0 saturated heterocycles. The third-order valence-corrected chi connectivity index (χ3v) is 4.65. The van der Waals surface area contributed by atoms with Crippen LogP contribution in [0.5, 0.6) is 0 Å². The Balaban J connectivity index is 1.49. The summed E-state index contributed by atoms with van der Waals surface area (Å²) in [6, 6.07) is 7.35. The number of nitrogens with zero attached hydrogens (tertiary/aromatic N) is 3. The van der Waals surface area contributed by atoms with Gasteiger partial charge in [-0.25, -0.2) is 0 Å². The van der Waals surface area contributed by atoms with Crippen LogP contribution in [0.3, 0.4) is 0 Å². The van der Waals surface area contributed by atoms with Gasteiger partial charge in [-0.05, 0) is 23.6 Å². The van der Waals surface area contributed by atoms with E-state index < -0.39 is 16.7 Å². The third-order valence-electron chi connectivity index (χ3n) is 3.46. The number of rotatable bonds is 7. The summed E-state index contributed by atoms with van der Waals surface area (Å²) in [5.41, 5.74) is -0.277. The molecular formula is C16H12ClN5O5S. The zero-order valence-electron chi connectivity index (χ0n) is 14.0. The quantitative estimate of drug-likeness (QED) is 0.339. The summed E-state index contributed by atoms with van der Waals surface area (Å²) in [5.74, 6) is -0.987. The molecule has 3 rings (SSSR count). The molecule has 0 spiro atoms. The molecule has 2 aromatic heterocycles. The Morgan fingerprint density at radius 2 is 1.96 bits per heavy atom. The summed E-state index contributed by atoms with van der Waals surface area (Å²) in [6.45, 7) is 0.184. The number of hydrogen-bond donors (Lipinski definition) is 2. The lowest BCUT2D eigenvalue weighted by Crippen LogP contribution is -2.34. The topological polar surface area (TPSA) is 140 Å². The van der Waals surface area contributed by atoms with Gasteiger partial charge in [0.2, 0.25) is 5.82 Å². The van der Waals surface area contributed by atoms with Gasteiger partial charge in [-0.1, -0.05) is 22.8 Å². The van der Waals surface area contributed by atoms with E-state index in [2.05, 4.69) is 20.8 Å². The van der Waals surface area contributed by atoms with Crippen molar-refractivity contribution in [2.24, 2.45) is 0 Å². The molecule has 0 saturated carbocycles. The van der Waals surface area contributed by atoms with Crippen molar-refractivity contribution in [2.75, 3.05) is 13.1 Å². The zero-order chi connectivity index (χ0) is 20.1. The average molecular weight is 422 g/mol. The zero-order valence-corrected chi connectivity index (χ0v) is 15.6. The molecule has 0 atom stereocenters. The van der Waals surface area contributed by atoms with E-state index in [1.54, 1.807) is 6.07 Å². The van der Waals surface area contributed by atoms with Crippen molar-refractivity contribution in [3.63, 3.8) is 0 Å². The first-order valence-electron chi connectivity index (χ1n) is 7.83. The predicted molar refractivity (Wildman–Crippen MR) is 100 cm³/mol. The maximum absolute atomic E-state index is 12.1. The minimum absolute atomic E-state index is 0.0599. The normalized spacial score (nSPS) is 10.5. The fourth-order valence-electron chi connectivity index (χ4n) is 2.15. The third kappa shape index (κ3) is 4.50. The summed E-state index contributed by atoms with van der Waals surface area (Å²) in [7, 11) is 0. The van der Waals surface area contributed by atoms with Crippen LogP contribution < -0.4 is 10.6 Å². The van der Waals surface area contributed by atoms with E-state index in [-0.39, 0.29) is 35.3 Å². The van der Waals surface area contributed by atoms with Gasteiger partial charge >= 0.3 is 11.8 Å². The molecule has 0 unspecified atom stereocenters. The maximum atomic E-state index is 12.1. The van der Waals surface area contributed by atoms with Gasteiger partial charge in [-0.2, -0.15) is 4.98 Å². The number of carbonyl (C=O) groups excluding carboxylic acids is 2. The molecule has 2 N–H and O–H groups in total. The fraction of sp³-hybridized carbons (Fsp3) is 0.125. The standard InChI is InChI=1S/C16H12ClN5O5S/c17-10-4-3-9(8-11(10)22(25)26)14(23)18-5-6-19-15(24)16-20-13(21-27-16)12-2-1-7-28-12/h1-4,7-8H,5-6H2,(H,18,23)(H,19,24). The van der Waals surface area contributed by atoms with Gasteiger partial charge in [0, 0.05) is 24.7 Å². The smallest absolute Gasteiger partial charge is 0.316 e. The number of nitro benzene ring substituents is 1.